The van der Waals surface area contributed by atoms with Crippen LogP contribution in [-0.4, -0.2) is 38.5 Å². The average Bonchev–Trinajstić information content (AvgIpc) is 2.32. The molecule has 7 heteroatoms. The molecule has 2 N–H and O–H groups in total. The van der Waals surface area contributed by atoms with E-state index in [0.29, 0.717) is 24.0 Å². The van der Waals surface area contributed by atoms with Crippen LogP contribution in [0.15, 0.2) is 29.2 Å². The van der Waals surface area contributed by atoms with Crippen LogP contribution >= 0.6 is 12.2 Å². The lowest BCUT2D eigenvalue weighted by molar-refractivity contribution is 0.321. The second kappa shape index (κ2) is 7.09. The Morgan fingerprint density at radius 2 is 1.81 bits per heavy atom. The van der Waals surface area contributed by atoms with Crippen molar-refractivity contribution in [3.63, 3.8) is 0 Å². The number of thiocarbonyl (C=S) groups is 1. The van der Waals surface area contributed by atoms with Crippen LogP contribution in [0.1, 0.15) is 20.8 Å². The minimum absolute atomic E-state index is 0.0770. The van der Waals surface area contributed by atoms with E-state index in [2.05, 4.69) is 10.6 Å². The molecule has 0 radical (unpaired) electrons. The number of hydrogen-bond donors (Lipinski definition) is 2. The van der Waals surface area contributed by atoms with Gasteiger partial charge >= 0.3 is 0 Å². The Kier molecular flexibility index (Phi) is 5.98. The van der Waals surface area contributed by atoms with E-state index in [1.54, 1.807) is 12.1 Å². The maximum Gasteiger partial charge on any atom is 0.175 e. The lowest BCUT2D eigenvalue weighted by Crippen LogP contribution is -2.47. The van der Waals surface area contributed by atoms with Gasteiger partial charge < -0.3 is 15.4 Å². The van der Waals surface area contributed by atoms with Gasteiger partial charge in [0.1, 0.15) is 12.4 Å². The van der Waals surface area contributed by atoms with Crippen LogP contribution < -0.4 is 15.4 Å². The average molecular weight is 330 g/mol. The van der Waals surface area contributed by atoms with Crippen LogP contribution in [0.5, 0.6) is 5.75 Å². The van der Waals surface area contributed by atoms with Crippen LogP contribution in [0.25, 0.3) is 0 Å². The summed E-state index contributed by atoms with van der Waals surface area (Å²) in [5, 5.41) is 6.77. The highest BCUT2D eigenvalue weighted by Crippen LogP contribution is 2.15. The van der Waals surface area contributed by atoms with Crippen molar-refractivity contribution in [2.24, 2.45) is 0 Å². The van der Waals surface area contributed by atoms with Crippen molar-refractivity contribution in [2.75, 3.05) is 19.4 Å². The van der Waals surface area contributed by atoms with Crippen LogP contribution in [0, 0.1) is 0 Å². The van der Waals surface area contributed by atoms with E-state index < -0.39 is 9.84 Å². The maximum atomic E-state index is 11.3. The highest BCUT2D eigenvalue weighted by atomic mass is 32.2. The first kappa shape index (κ1) is 17.7. The minimum atomic E-state index is -3.17. The molecule has 0 bridgehead atoms. The van der Waals surface area contributed by atoms with Gasteiger partial charge in [0.15, 0.2) is 14.9 Å². The van der Waals surface area contributed by atoms with Crippen LogP contribution in [0.2, 0.25) is 0 Å². The van der Waals surface area contributed by atoms with Crippen molar-refractivity contribution in [3.8, 4) is 5.75 Å². The Labute approximate surface area is 132 Å². The van der Waals surface area contributed by atoms with Gasteiger partial charge in [0.2, 0.25) is 0 Å². The smallest absolute Gasteiger partial charge is 0.175 e. The summed E-state index contributed by atoms with van der Waals surface area (Å²) in [5.41, 5.74) is -0.0770. The fourth-order valence-corrected chi connectivity index (χ4v) is 2.54. The summed E-state index contributed by atoms with van der Waals surface area (Å²) in [6.45, 7) is 7.09. The highest BCUT2D eigenvalue weighted by Gasteiger charge is 2.10. The summed E-state index contributed by atoms with van der Waals surface area (Å²) in [6, 6.07) is 6.35. The molecular formula is C14H22N2O3S2. The molecule has 0 fully saturated rings. The summed E-state index contributed by atoms with van der Waals surface area (Å²) < 4.78 is 28.2. The van der Waals surface area contributed by atoms with E-state index >= 15 is 0 Å². The standard InChI is InChI=1S/C14H22N2O3S2/c1-14(2,3)16-13(20)15-9-10-19-11-5-7-12(8-6-11)21(4,17)18/h5-8H,9-10H2,1-4H3,(H2,15,16,20). The van der Waals surface area contributed by atoms with E-state index in [9.17, 15) is 8.42 Å². The summed E-state index contributed by atoms with van der Waals surface area (Å²) in [5.74, 6) is 0.624. The molecule has 0 amide bonds. The van der Waals surface area contributed by atoms with Crippen LogP contribution in [0.4, 0.5) is 0 Å². The first-order valence-electron chi connectivity index (χ1n) is 6.57. The number of hydrogen-bond acceptors (Lipinski definition) is 4. The largest absolute Gasteiger partial charge is 0.492 e. The first-order valence-corrected chi connectivity index (χ1v) is 8.87. The van der Waals surface area contributed by atoms with Gasteiger partial charge in [0.25, 0.3) is 0 Å². The Balaban J connectivity index is 2.35. The summed E-state index contributed by atoms with van der Waals surface area (Å²) in [7, 11) is -3.17. The third-order valence-electron chi connectivity index (χ3n) is 2.40. The van der Waals surface area contributed by atoms with Gasteiger partial charge in [-0.2, -0.15) is 0 Å². The third kappa shape index (κ3) is 7.29. The van der Waals surface area contributed by atoms with E-state index in [1.807, 2.05) is 20.8 Å². The normalized spacial score (nSPS) is 11.8. The molecule has 1 aromatic rings. The van der Waals surface area contributed by atoms with Gasteiger partial charge in [-0.3, -0.25) is 0 Å². The van der Waals surface area contributed by atoms with E-state index in [1.165, 1.54) is 18.4 Å². The third-order valence-corrected chi connectivity index (χ3v) is 3.77. The van der Waals surface area contributed by atoms with Crippen molar-refractivity contribution in [1.29, 1.82) is 0 Å². The SMILES string of the molecule is CC(C)(C)NC(=S)NCCOc1ccc(S(C)(=O)=O)cc1. The maximum absolute atomic E-state index is 11.3. The summed E-state index contributed by atoms with van der Waals surface area (Å²) in [4.78, 5) is 0.281. The Hall–Kier alpha value is -1.34. The molecule has 0 spiro atoms. The summed E-state index contributed by atoms with van der Waals surface area (Å²) in [6.07, 6.45) is 1.18. The number of nitrogens with one attached hydrogen (secondary N) is 2. The predicted molar refractivity (Wildman–Crippen MR) is 88.5 cm³/mol. The van der Waals surface area contributed by atoms with E-state index in [0.717, 1.165) is 0 Å². The fourth-order valence-electron chi connectivity index (χ4n) is 1.50. The van der Waals surface area contributed by atoms with Gasteiger partial charge in [-0.15, -0.1) is 0 Å². The fraction of sp³-hybridized carbons (Fsp3) is 0.500. The van der Waals surface area contributed by atoms with Crippen molar-refractivity contribution in [3.05, 3.63) is 24.3 Å². The van der Waals surface area contributed by atoms with Crippen molar-refractivity contribution < 1.29 is 13.2 Å². The number of ether oxygens (including phenoxy) is 1. The van der Waals surface area contributed by atoms with Gasteiger partial charge in [0.05, 0.1) is 11.4 Å². The molecule has 0 saturated heterocycles. The second-order valence-corrected chi connectivity index (χ2v) is 8.15. The van der Waals surface area contributed by atoms with Crippen LogP contribution in [-0.2, 0) is 9.84 Å². The van der Waals surface area contributed by atoms with Crippen molar-refractivity contribution in [1.82, 2.24) is 10.6 Å². The lowest BCUT2D eigenvalue weighted by atomic mass is 10.1. The molecule has 0 atom stereocenters. The van der Waals surface area contributed by atoms with Gasteiger partial charge in [-0.25, -0.2) is 8.42 Å². The van der Waals surface area contributed by atoms with Gasteiger partial charge in [-0.05, 0) is 57.3 Å². The molecule has 0 aliphatic carbocycles. The van der Waals surface area contributed by atoms with Gasteiger partial charge in [0, 0.05) is 11.8 Å². The Morgan fingerprint density at radius 1 is 1.24 bits per heavy atom. The van der Waals surface area contributed by atoms with Crippen molar-refractivity contribution >= 4 is 27.2 Å². The molecule has 5 nitrogen and oxygen atoms in total. The molecule has 1 aromatic carbocycles. The van der Waals surface area contributed by atoms with Gasteiger partial charge in [-0.1, -0.05) is 0 Å². The molecule has 0 saturated carbocycles. The highest BCUT2D eigenvalue weighted by molar-refractivity contribution is 7.90. The van der Waals surface area contributed by atoms with Crippen molar-refractivity contribution in [2.45, 2.75) is 31.2 Å². The molecule has 0 unspecified atom stereocenters. The Bertz CT molecular complexity index is 575. The minimum Gasteiger partial charge on any atom is -0.492 e. The van der Waals surface area contributed by atoms with E-state index in [4.69, 9.17) is 17.0 Å². The second-order valence-electron chi connectivity index (χ2n) is 5.72. The zero-order chi connectivity index (χ0) is 16.1. The monoisotopic (exact) mass is 330 g/mol. The topological polar surface area (TPSA) is 67.4 Å². The quantitative estimate of drug-likeness (QED) is 0.633. The molecule has 118 valence electrons. The molecule has 0 aliphatic heterocycles. The number of sulfone groups is 1. The molecular weight excluding hydrogens is 308 g/mol. The summed E-state index contributed by atoms with van der Waals surface area (Å²) >= 11 is 5.15. The first-order chi connectivity index (χ1) is 9.58. The zero-order valence-electron chi connectivity index (χ0n) is 12.8. The molecule has 0 aromatic heterocycles. The van der Waals surface area contributed by atoms with E-state index in [-0.39, 0.29) is 10.4 Å². The molecule has 0 aliphatic rings. The number of rotatable bonds is 5. The number of benzene rings is 1. The zero-order valence-corrected chi connectivity index (χ0v) is 14.4. The van der Waals surface area contributed by atoms with Crippen LogP contribution in [0.3, 0.4) is 0 Å². The molecule has 21 heavy (non-hydrogen) atoms. The predicted octanol–water partition coefficient (Wildman–Crippen LogP) is 1.73. The lowest BCUT2D eigenvalue weighted by Gasteiger charge is -2.23. The molecule has 1 rings (SSSR count). The Morgan fingerprint density at radius 3 is 2.29 bits per heavy atom. The molecule has 0 heterocycles.